The topological polar surface area (TPSA) is 58.0 Å². The molecule has 2 aliphatic heterocycles. The van der Waals surface area contributed by atoms with E-state index in [0.29, 0.717) is 13.1 Å². The van der Waals surface area contributed by atoms with E-state index in [-0.39, 0.29) is 25.3 Å². The summed E-state index contributed by atoms with van der Waals surface area (Å²) in [5.74, 6) is 2.01. The summed E-state index contributed by atoms with van der Waals surface area (Å²) in [6.07, 6.45) is 1.85. The Balaban J connectivity index is 1.11. The molecule has 0 unspecified atom stereocenters. The van der Waals surface area contributed by atoms with Crippen LogP contribution in [-0.2, 0) is 13.1 Å². The molecule has 0 bridgehead atoms. The van der Waals surface area contributed by atoms with Crippen molar-refractivity contribution in [3.8, 4) is 11.3 Å². The van der Waals surface area contributed by atoms with Crippen LogP contribution < -0.4 is 10.6 Å². The number of allylic oxidation sites excluding steroid dienone is 1. The van der Waals surface area contributed by atoms with E-state index in [1.54, 1.807) is 0 Å². The first-order valence-corrected chi connectivity index (χ1v) is 12.7. The molecule has 2 N–H and O–H groups in total. The van der Waals surface area contributed by atoms with Gasteiger partial charge >= 0.3 is 6.18 Å². The summed E-state index contributed by atoms with van der Waals surface area (Å²) < 4.78 is 42.2. The Bertz CT molecular complexity index is 1280. The first kappa shape index (κ1) is 23.5. The summed E-state index contributed by atoms with van der Waals surface area (Å²) in [6.45, 7) is 8.35. The Morgan fingerprint density at radius 1 is 1.08 bits per heavy atom. The zero-order valence-electron chi connectivity index (χ0n) is 20.2. The van der Waals surface area contributed by atoms with Crippen LogP contribution >= 0.6 is 0 Å². The van der Waals surface area contributed by atoms with Gasteiger partial charge in [0.05, 0.1) is 23.9 Å². The molecule has 2 fully saturated rings. The molecule has 0 spiro atoms. The fourth-order valence-electron chi connectivity index (χ4n) is 5.61. The van der Waals surface area contributed by atoms with Gasteiger partial charge < -0.3 is 20.1 Å². The highest BCUT2D eigenvalue weighted by Crippen LogP contribution is 2.58. The maximum absolute atomic E-state index is 13.3. The van der Waals surface area contributed by atoms with E-state index in [0.717, 1.165) is 71.8 Å². The Hall–Kier alpha value is -2.91. The number of nitrogens with one attached hydrogen (secondary N) is 2. The molecule has 1 saturated heterocycles. The number of fused-ring (bicyclic) bond motifs is 2. The van der Waals surface area contributed by atoms with Crippen LogP contribution in [0.25, 0.3) is 22.0 Å². The van der Waals surface area contributed by atoms with Gasteiger partial charge in [0.2, 0.25) is 0 Å². The van der Waals surface area contributed by atoms with E-state index in [9.17, 15) is 13.2 Å². The summed E-state index contributed by atoms with van der Waals surface area (Å²) in [5, 5.41) is 8.87. The highest BCUT2D eigenvalue weighted by atomic mass is 19.4. The van der Waals surface area contributed by atoms with Crippen molar-refractivity contribution >= 4 is 16.6 Å². The van der Waals surface area contributed by atoms with Crippen molar-refractivity contribution < 1.29 is 13.2 Å². The summed E-state index contributed by atoms with van der Waals surface area (Å²) in [7, 11) is 0. The number of halogens is 3. The molecule has 190 valence electrons. The highest BCUT2D eigenvalue weighted by molar-refractivity contribution is 5.88. The van der Waals surface area contributed by atoms with Gasteiger partial charge in [-0.15, -0.1) is 0 Å². The van der Waals surface area contributed by atoms with Crippen LogP contribution in [0.3, 0.4) is 0 Å². The number of benzene rings is 1. The third kappa shape index (κ3) is 4.39. The number of nitrogens with zero attached hydrogens (tertiary/aromatic N) is 4. The average Bonchev–Trinajstić information content (AvgIpc) is 3.54. The molecule has 9 heteroatoms. The molecule has 1 saturated carbocycles. The van der Waals surface area contributed by atoms with Crippen molar-refractivity contribution in [2.24, 2.45) is 11.3 Å². The zero-order chi connectivity index (χ0) is 24.9. The number of aromatic nitrogens is 3. The molecular weight excluding hydrogens is 465 g/mol. The maximum atomic E-state index is 13.3. The summed E-state index contributed by atoms with van der Waals surface area (Å²) in [4.78, 5) is 11.1. The van der Waals surface area contributed by atoms with Crippen LogP contribution in [0.1, 0.15) is 31.5 Å². The van der Waals surface area contributed by atoms with E-state index < -0.39 is 11.6 Å². The molecule has 0 amide bonds. The van der Waals surface area contributed by atoms with Gasteiger partial charge in [0.15, 0.2) is 0 Å². The van der Waals surface area contributed by atoms with Crippen molar-refractivity contribution in [3.63, 3.8) is 0 Å². The van der Waals surface area contributed by atoms with Gasteiger partial charge in [-0.25, -0.2) is 9.97 Å². The van der Waals surface area contributed by atoms with Crippen molar-refractivity contribution in [2.75, 3.05) is 31.5 Å². The van der Waals surface area contributed by atoms with E-state index >= 15 is 0 Å². The van der Waals surface area contributed by atoms with Gasteiger partial charge in [0.1, 0.15) is 11.6 Å². The molecule has 36 heavy (non-hydrogen) atoms. The van der Waals surface area contributed by atoms with E-state index in [2.05, 4.69) is 49.9 Å². The number of rotatable bonds is 6. The van der Waals surface area contributed by atoms with Crippen molar-refractivity contribution in [1.82, 2.24) is 24.8 Å². The molecule has 6 nitrogen and oxygen atoms in total. The Morgan fingerprint density at radius 3 is 2.64 bits per heavy atom. The SMILES string of the molecule is C=C(Nc1cc2cc(-c3cnc4n3CCNC4)ccc2cn1)C1CCN(CC2(C(F)(F)F)CC2)CC1. The number of piperidine rings is 1. The Kier molecular flexibility index (Phi) is 5.80. The predicted molar refractivity (Wildman–Crippen MR) is 134 cm³/mol. The molecule has 0 radical (unpaired) electrons. The van der Waals surface area contributed by atoms with Crippen molar-refractivity contribution in [3.05, 3.63) is 54.8 Å². The lowest BCUT2D eigenvalue weighted by atomic mass is 9.92. The minimum atomic E-state index is -4.09. The number of alkyl halides is 3. The second-order valence-electron chi connectivity index (χ2n) is 10.5. The summed E-state index contributed by atoms with van der Waals surface area (Å²) >= 11 is 0. The maximum Gasteiger partial charge on any atom is 0.395 e. The fraction of sp³-hybridized carbons (Fsp3) is 0.481. The number of likely N-dealkylation sites (tertiary alicyclic amines) is 1. The fourth-order valence-corrected chi connectivity index (χ4v) is 5.61. The number of pyridine rings is 1. The highest BCUT2D eigenvalue weighted by Gasteiger charge is 2.63. The molecule has 1 aromatic carbocycles. The molecule has 4 heterocycles. The first-order valence-electron chi connectivity index (χ1n) is 12.7. The molecule has 0 atom stereocenters. The van der Waals surface area contributed by atoms with Gasteiger partial charge in [0, 0.05) is 48.4 Å². The lowest BCUT2D eigenvalue weighted by Gasteiger charge is -2.35. The largest absolute Gasteiger partial charge is 0.395 e. The van der Waals surface area contributed by atoms with Gasteiger partial charge in [-0.05, 0) is 56.3 Å². The number of hydrogen-bond donors (Lipinski definition) is 2. The standard InChI is InChI=1S/C27H31F3N6/c1-18(19-4-9-35(10-5-19)17-26(6-7-26)27(28,29)30)34-24-13-22-12-20(2-3-21(22)14-32-24)23-15-33-25-16-31-8-11-36(23)25/h2-3,12-15,19,31H,1,4-11,16-17H2,(H,32,34). The molecule has 2 aromatic heterocycles. The monoisotopic (exact) mass is 496 g/mol. The summed E-state index contributed by atoms with van der Waals surface area (Å²) in [6, 6.07) is 8.40. The second-order valence-corrected chi connectivity index (χ2v) is 10.5. The predicted octanol–water partition coefficient (Wildman–Crippen LogP) is 5.18. The van der Waals surface area contributed by atoms with Crippen LogP contribution in [0.5, 0.6) is 0 Å². The Labute approximate surface area is 208 Å². The van der Waals surface area contributed by atoms with Crippen LogP contribution in [0.2, 0.25) is 0 Å². The van der Waals surface area contributed by atoms with Gasteiger partial charge in [-0.1, -0.05) is 18.7 Å². The van der Waals surface area contributed by atoms with Gasteiger partial charge in [0.25, 0.3) is 0 Å². The number of anilines is 1. The lowest BCUT2D eigenvalue weighted by molar-refractivity contribution is -0.192. The molecule has 6 rings (SSSR count). The average molecular weight is 497 g/mol. The van der Waals surface area contributed by atoms with Gasteiger partial charge in [-0.3, -0.25) is 0 Å². The first-order chi connectivity index (χ1) is 17.3. The third-order valence-electron chi connectivity index (χ3n) is 8.10. The number of hydrogen-bond acceptors (Lipinski definition) is 5. The van der Waals surface area contributed by atoms with Crippen LogP contribution in [0, 0.1) is 11.3 Å². The van der Waals surface area contributed by atoms with Crippen LogP contribution in [0.15, 0.2) is 48.9 Å². The molecule has 1 aliphatic carbocycles. The molecular formula is C27H31F3N6. The summed E-state index contributed by atoms with van der Waals surface area (Å²) in [5.41, 5.74) is 1.66. The normalized spacial score (nSPS) is 20.3. The van der Waals surface area contributed by atoms with E-state index in [1.807, 2.05) is 23.4 Å². The smallest absolute Gasteiger partial charge is 0.344 e. The van der Waals surface area contributed by atoms with Crippen LogP contribution in [-0.4, -0.2) is 51.8 Å². The molecule has 3 aliphatic rings. The lowest BCUT2D eigenvalue weighted by Crippen LogP contribution is -2.42. The quantitative estimate of drug-likeness (QED) is 0.493. The van der Waals surface area contributed by atoms with Crippen molar-refractivity contribution in [1.29, 1.82) is 0 Å². The Morgan fingerprint density at radius 2 is 1.89 bits per heavy atom. The zero-order valence-corrected chi connectivity index (χ0v) is 20.2. The second kappa shape index (κ2) is 8.88. The number of imidazole rings is 1. The van der Waals surface area contributed by atoms with Gasteiger partial charge in [-0.2, -0.15) is 13.2 Å². The van der Waals surface area contributed by atoms with Crippen molar-refractivity contribution in [2.45, 2.75) is 44.9 Å². The minimum absolute atomic E-state index is 0.134. The van der Waals surface area contributed by atoms with E-state index in [1.165, 1.54) is 0 Å². The van der Waals surface area contributed by atoms with Crippen LogP contribution in [0.4, 0.5) is 19.0 Å². The molecule has 3 aromatic rings. The third-order valence-corrected chi connectivity index (χ3v) is 8.10. The van der Waals surface area contributed by atoms with E-state index in [4.69, 9.17) is 0 Å². The minimum Gasteiger partial charge on any atom is -0.344 e.